The number of hydrogen-bond acceptors (Lipinski definition) is 1. The molecule has 12 heavy (non-hydrogen) atoms. The molecule has 0 N–H and O–H groups in total. The zero-order valence-electron chi connectivity index (χ0n) is 8.72. The first-order valence-corrected chi connectivity index (χ1v) is 3.91. The third kappa shape index (κ3) is 6.65. The molecular weight excluding hydrogens is 174 g/mol. The maximum Gasteiger partial charge on any atom is 0.190 e. The van der Waals surface area contributed by atoms with Crippen LogP contribution in [-0.4, -0.2) is 38.5 Å². The Kier molecular flexibility index (Phi) is 6.72. The maximum atomic E-state index is 5.54. The maximum absolute atomic E-state index is 5.54. The van der Waals surface area contributed by atoms with Crippen molar-refractivity contribution in [1.29, 1.82) is 0 Å². The van der Waals surface area contributed by atoms with Crippen molar-refractivity contribution < 1.29 is 21.6 Å². The quantitative estimate of drug-likeness (QED) is 0.305. The topological polar surface area (TPSA) is 9.23 Å². The van der Waals surface area contributed by atoms with Gasteiger partial charge in [-0.25, -0.2) is 0 Å². The van der Waals surface area contributed by atoms with Crippen LogP contribution in [0.1, 0.15) is 13.8 Å². The summed E-state index contributed by atoms with van der Waals surface area (Å²) < 4.78 is 6.37. The van der Waals surface area contributed by atoms with Crippen LogP contribution in [-0.2, 0) is 4.74 Å². The Morgan fingerprint density at radius 1 is 1.42 bits per heavy atom. The summed E-state index contributed by atoms with van der Waals surface area (Å²) in [6.45, 7) is 8.49. The molecule has 1 atom stereocenters. The van der Waals surface area contributed by atoms with Crippen LogP contribution in [0.15, 0.2) is 12.2 Å². The van der Waals surface area contributed by atoms with Crippen LogP contribution in [0.4, 0.5) is 0 Å². The van der Waals surface area contributed by atoms with E-state index in [-0.39, 0.29) is 18.6 Å². The molecule has 0 saturated heterocycles. The van der Waals surface area contributed by atoms with Crippen molar-refractivity contribution in [2.45, 2.75) is 20.1 Å². The minimum Gasteiger partial charge on any atom is -1.00 e. The third-order valence-electron chi connectivity index (χ3n) is 1.66. The van der Waals surface area contributed by atoms with Gasteiger partial charge in [-0.15, -0.1) is 0 Å². The number of ether oxygens (including phenoxy) is 1. The normalized spacial score (nSPS) is 13.4. The van der Waals surface area contributed by atoms with Gasteiger partial charge >= 0.3 is 0 Å². The first kappa shape index (κ1) is 14.5. The molecule has 0 aromatic heterocycles. The molecule has 0 aromatic rings. The van der Waals surface area contributed by atoms with Gasteiger partial charge in [-0.2, -0.15) is 0 Å². The molecular formula is C9H20ClNO. The summed E-state index contributed by atoms with van der Waals surface area (Å²) in [6.07, 6.45) is 0.228. The van der Waals surface area contributed by atoms with Gasteiger partial charge in [0.25, 0.3) is 0 Å². The molecule has 2 nitrogen and oxygen atoms in total. The van der Waals surface area contributed by atoms with E-state index < -0.39 is 0 Å². The van der Waals surface area contributed by atoms with Crippen LogP contribution in [0, 0.1) is 0 Å². The van der Waals surface area contributed by atoms with Gasteiger partial charge in [0.2, 0.25) is 0 Å². The fraction of sp³-hybridized carbons (Fsp3) is 0.778. The van der Waals surface area contributed by atoms with Crippen molar-refractivity contribution in [3.63, 3.8) is 0 Å². The van der Waals surface area contributed by atoms with E-state index in [9.17, 15) is 0 Å². The lowest BCUT2D eigenvalue weighted by atomic mass is 10.4. The number of rotatable bonds is 4. The summed E-state index contributed by atoms with van der Waals surface area (Å²) in [4.78, 5) is 0. The number of quaternary nitrogens is 1. The molecule has 0 amide bonds. The summed E-state index contributed by atoms with van der Waals surface area (Å²) in [6, 6.07) is 0. The van der Waals surface area contributed by atoms with Gasteiger partial charge < -0.3 is 21.6 Å². The number of nitrogens with zero attached hydrogens (tertiary/aromatic N) is 1. The standard InChI is InChI=1S/C9H20NO.ClH/c1-8(2)7-11-9(3)10(4,5)6;/h9H,1,7H2,2-6H3;1H/q+1;/p-1. The Labute approximate surface area is 82.2 Å². The van der Waals surface area contributed by atoms with Crippen LogP contribution in [0.2, 0.25) is 0 Å². The fourth-order valence-corrected chi connectivity index (χ4v) is 0.486. The highest BCUT2D eigenvalue weighted by Crippen LogP contribution is 2.04. The van der Waals surface area contributed by atoms with E-state index in [1.54, 1.807) is 0 Å². The predicted molar refractivity (Wildman–Crippen MR) is 48.3 cm³/mol. The highest BCUT2D eigenvalue weighted by atomic mass is 35.5. The zero-order chi connectivity index (χ0) is 9.07. The molecule has 3 heteroatoms. The first-order chi connectivity index (χ1) is 4.84. The molecule has 74 valence electrons. The van der Waals surface area contributed by atoms with Crippen LogP contribution in [0.25, 0.3) is 0 Å². The van der Waals surface area contributed by atoms with Crippen LogP contribution in [0.5, 0.6) is 0 Å². The lowest BCUT2D eigenvalue weighted by molar-refractivity contribution is -0.917. The summed E-state index contributed by atoms with van der Waals surface area (Å²) in [5, 5.41) is 0. The van der Waals surface area contributed by atoms with E-state index in [1.807, 2.05) is 6.92 Å². The third-order valence-corrected chi connectivity index (χ3v) is 1.66. The van der Waals surface area contributed by atoms with Crippen molar-refractivity contribution in [2.24, 2.45) is 0 Å². The summed E-state index contributed by atoms with van der Waals surface area (Å²) in [5.74, 6) is 0. The minimum atomic E-state index is 0. The lowest BCUT2D eigenvalue weighted by Crippen LogP contribution is -3.00. The van der Waals surface area contributed by atoms with E-state index in [4.69, 9.17) is 4.74 Å². The van der Waals surface area contributed by atoms with E-state index in [2.05, 4.69) is 34.6 Å². The van der Waals surface area contributed by atoms with E-state index in [0.29, 0.717) is 6.61 Å². The van der Waals surface area contributed by atoms with Crippen molar-refractivity contribution >= 4 is 0 Å². The summed E-state index contributed by atoms with van der Waals surface area (Å²) in [5.41, 5.74) is 1.07. The average Bonchev–Trinajstić information content (AvgIpc) is 1.80. The van der Waals surface area contributed by atoms with Crippen molar-refractivity contribution in [2.75, 3.05) is 27.7 Å². The second kappa shape index (κ2) is 5.57. The van der Waals surface area contributed by atoms with Gasteiger partial charge in [-0.05, 0) is 6.92 Å². The second-order valence-corrected chi connectivity index (χ2v) is 3.98. The molecule has 0 aromatic carbocycles. The summed E-state index contributed by atoms with van der Waals surface area (Å²) in [7, 11) is 6.34. The molecule has 0 bridgehead atoms. The van der Waals surface area contributed by atoms with Gasteiger partial charge in [0, 0.05) is 6.92 Å². The van der Waals surface area contributed by atoms with Gasteiger partial charge in [0.1, 0.15) is 0 Å². The molecule has 0 spiro atoms. The van der Waals surface area contributed by atoms with Crippen molar-refractivity contribution in [3.05, 3.63) is 12.2 Å². The molecule has 0 fully saturated rings. The summed E-state index contributed by atoms with van der Waals surface area (Å²) >= 11 is 0. The monoisotopic (exact) mass is 193 g/mol. The number of halogens is 1. The number of hydrogen-bond donors (Lipinski definition) is 0. The minimum absolute atomic E-state index is 0. The SMILES string of the molecule is C=C(C)COC(C)[N+](C)(C)C.[Cl-]. The Balaban J connectivity index is 0. The second-order valence-electron chi connectivity index (χ2n) is 3.98. The Morgan fingerprint density at radius 2 is 1.83 bits per heavy atom. The molecule has 1 unspecified atom stereocenters. The van der Waals surface area contributed by atoms with Crippen LogP contribution >= 0.6 is 0 Å². The Hall–Kier alpha value is -0.0500. The largest absolute Gasteiger partial charge is 1.00 e. The molecule has 0 aliphatic heterocycles. The van der Waals surface area contributed by atoms with Gasteiger partial charge in [0.15, 0.2) is 6.23 Å². The van der Waals surface area contributed by atoms with Gasteiger partial charge in [-0.1, -0.05) is 12.2 Å². The molecule has 0 aliphatic carbocycles. The van der Waals surface area contributed by atoms with Gasteiger partial charge in [0.05, 0.1) is 27.7 Å². The molecule has 0 aliphatic rings. The molecule has 0 rings (SSSR count). The molecule has 0 saturated carbocycles. The lowest BCUT2D eigenvalue weighted by Gasteiger charge is -2.31. The highest BCUT2D eigenvalue weighted by Gasteiger charge is 2.17. The van der Waals surface area contributed by atoms with E-state index in [1.165, 1.54) is 0 Å². The zero-order valence-corrected chi connectivity index (χ0v) is 9.48. The van der Waals surface area contributed by atoms with E-state index >= 15 is 0 Å². The first-order valence-electron chi connectivity index (χ1n) is 3.91. The van der Waals surface area contributed by atoms with Crippen LogP contribution < -0.4 is 12.4 Å². The average molecular weight is 194 g/mol. The smallest absolute Gasteiger partial charge is 0.190 e. The van der Waals surface area contributed by atoms with Crippen molar-refractivity contribution in [1.82, 2.24) is 0 Å². The fourth-order valence-electron chi connectivity index (χ4n) is 0.486. The highest BCUT2D eigenvalue weighted by molar-refractivity contribution is 4.87. The molecule has 0 radical (unpaired) electrons. The van der Waals surface area contributed by atoms with Crippen molar-refractivity contribution in [3.8, 4) is 0 Å². The Morgan fingerprint density at radius 3 is 2.08 bits per heavy atom. The molecule has 0 heterocycles. The van der Waals surface area contributed by atoms with E-state index in [0.717, 1.165) is 10.1 Å². The van der Waals surface area contributed by atoms with Crippen LogP contribution in [0.3, 0.4) is 0 Å². The predicted octanol–water partition coefficient (Wildman–Crippen LogP) is -1.36. The Bertz CT molecular complexity index is 140. The van der Waals surface area contributed by atoms with Gasteiger partial charge in [-0.3, -0.25) is 0 Å².